The fourth-order valence-electron chi connectivity index (χ4n) is 2.63. The van der Waals surface area contributed by atoms with E-state index >= 15 is 0 Å². The van der Waals surface area contributed by atoms with Gasteiger partial charge >= 0.3 is 0 Å². The Morgan fingerprint density at radius 1 is 1.12 bits per heavy atom. The highest BCUT2D eigenvalue weighted by atomic mass is 19.1. The van der Waals surface area contributed by atoms with Gasteiger partial charge in [0, 0.05) is 37.8 Å². The minimum atomic E-state index is -0.356. The lowest BCUT2D eigenvalue weighted by molar-refractivity contribution is 0.0955. The smallest absolute Gasteiger partial charge is 0.251 e. The zero-order chi connectivity index (χ0) is 16.8. The molecule has 0 unspecified atom stereocenters. The number of hydrogen-bond acceptors (Lipinski definition) is 5. The molecule has 3 rings (SSSR count). The summed E-state index contributed by atoms with van der Waals surface area (Å²) in [6.45, 7) is 3.05. The summed E-state index contributed by atoms with van der Waals surface area (Å²) in [7, 11) is 0. The number of carbonyl (C=O) groups is 1. The molecule has 2 N–H and O–H groups in total. The molecule has 1 aliphatic heterocycles. The van der Waals surface area contributed by atoms with E-state index in [1.807, 2.05) is 6.07 Å². The highest BCUT2D eigenvalue weighted by Gasteiger charge is 2.13. The van der Waals surface area contributed by atoms with E-state index in [1.165, 1.54) is 37.1 Å². The second-order valence-electron chi connectivity index (χ2n) is 5.65. The van der Waals surface area contributed by atoms with Crippen LogP contribution in [0.2, 0.25) is 0 Å². The first-order valence-electron chi connectivity index (χ1n) is 8.07. The Hall–Kier alpha value is -2.70. The van der Waals surface area contributed by atoms with Gasteiger partial charge in [0.25, 0.3) is 5.91 Å². The van der Waals surface area contributed by atoms with Gasteiger partial charge in [-0.15, -0.1) is 0 Å². The SMILES string of the molecule is O=C(NCCNc1cc(N2CCCC2)ncn1)c1ccc(F)cc1. The number of rotatable bonds is 6. The summed E-state index contributed by atoms with van der Waals surface area (Å²) < 4.78 is 12.8. The van der Waals surface area contributed by atoms with E-state index in [4.69, 9.17) is 0 Å². The lowest BCUT2D eigenvalue weighted by atomic mass is 10.2. The van der Waals surface area contributed by atoms with Gasteiger partial charge < -0.3 is 15.5 Å². The largest absolute Gasteiger partial charge is 0.368 e. The number of nitrogens with zero attached hydrogens (tertiary/aromatic N) is 3. The Kier molecular flexibility index (Phi) is 5.20. The van der Waals surface area contributed by atoms with Gasteiger partial charge in [-0.3, -0.25) is 4.79 Å². The molecule has 0 radical (unpaired) electrons. The number of amides is 1. The molecule has 126 valence electrons. The topological polar surface area (TPSA) is 70.2 Å². The molecular formula is C17H20FN5O. The minimum Gasteiger partial charge on any atom is -0.368 e. The molecule has 6 nitrogen and oxygen atoms in total. The van der Waals surface area contributed by atoms with Crippen molar-refractivity contribution in [1.82, 2.24) is 15.3 Å². The molecule has 0 saturated carbocycles. The van der Waals surface area contributed by atoms with Gasteiger partial charge in [-0.05, 0) is 37.1 Å². The van der Waals surface area contributed by atoms with E-state index in [1.54, 1.807) is 6.33 Å². The predicted molar refractivity (Wildman–Crippen MR) is 90.7 cm³/mol. The van der Waals surface area contributed by atoms with Gasteiger partial charge in [-0.2, -0.15) is 0 Å². The molecule has 1 fully saturated rings. The van der Waals surface area contributed by atoms with Crippen LogP contribution >= 0.6 is 0 Å². The van der Waals surface area contributed by atoms with E-state index in [9.17, 15) is 9.18 Å². The molecule has 0 bridgehead atoms. The molecule has 0 aliphatic carbocycles. The monoisotopic (exact) mass is 329 g/mol. The van der Waals surface area contributed by atoms with Crippen molar-refractivity contribution < 1.29 is 9.18 Å². The van der Waals surface area contributed by atoms with Gasteiger partial charge in [0.2, 0.25) is 0 Å². The number of halogens is 1. The molecule has 0 spiro atoms. The summed E-state index contributed by atoms with van der Waals surface area (Å²) in [6.07, 6.45) is 3.94. The van der Waals surface area contributed by atoms with Crippen LogP contribution in [0.1, 0.15) is 23.2 Å². The number of hydrogen-bond donors (Lipinski definition) is 2. The maximum Gasteiger partial charge on any atom is 0.251 e. The Bertz CT molecular complexity index is 686. The lowest BCUT2D eigenvalue weighted by Crippen LogP contribution is -2.29. The normalized spacial score (nSPS) is 13.8. The van der Waals surface area contributed by atoms with Gasteiger partial charge in [0.15, 0.2) is 0 Å². The summed E-state index contributed by atoms with van der Waals surface area (Å²) in [6, 6.07) is 7.39. The standard InChI is InChI=1S/C17H20FN5O/c18-14-5-3-13(4-6-14)17(24)20-8-7-19-15-11-16(22-12-21-15)23-9-1-2-10-23/h3-6,11-12H,1-2,7-10H2,(H,20,24)(H,19,21,22). The molecule has 2 aromatic rings. The second-order valence-corrected chi connectivity index (χ2v) is 5.65. The fourth-order valence-corrected chi connectivity index (χ4v) is 2.63. The van der Waals surface area contributed by atoms with Crippen LogP contribution in [-0.4, -0.2) is 42.1 Å². The first-order chi connectivity index (χ1) is 11.7. The van der Waals surface area contributed by atoms with Gasteiger partial charge in [-0.25, -0.2) is 14.4 Å². The van der Waals surface area contributed by atoms with E-state index in [2.05, 4.69) is 25.5 Å². The third-order valence-corrected chi connectivity index (χ3v) is 3.91. The van der Waals surface area contributed by atoms with Crippen molar-refractivity contribution in [2.75, 3.05) is 36.4 Å². The molecule has 1 aliphatic rings. The lowest BCUT2D eigenvalue weighted by Gasteiger charge is -2.16. The summed E-state index contributed by atoms with van der Waals surface area (Å²) in [5, 5.41) is 5.95. The van der Waals surface area contributed by atoms with Crippen LogP contribution in [0.15, 0.2) is 36.7 Å². The van der Waals surface area contributed by atoms with E-state index in [-0.39, 0.29) is 11.7 Å². The molecule has 1 amide bonds. The first kappa shape index (κ1) is 16.2. The van der Waals surface area contributed by atoms with Gasteiger partial charge in [0.05, 0.1) is 0 Å². The molecule has 1 saturated heterocycles. The number of carbonyl (C=O) groups excluding carboxylic acids is 1. The first-order valence-corrected chi connectivity index (χ1v) is 8.07. The number of nitrogens with one attached hydrogen (secondary N) is 2. The number of anilines is 2. The molecule has 1 aromatic heterocycles. The Morgan fingerprint density at radius 3 is 2.62 bits per heavy atom. The quantitative estimate of drug-likeness (QED) is 0.794. The maximum absolute atomic E-state index is 12.8. The van der Waals surface area contributed by atoms with Crippen molar-refractivity contribution in [3.63, 3.8) is 0 Å². The van der Waals surface area contributed by atoms with E-state index in [0.717, 1.165) is 24.7 Å². The number of benzene rings is 1. The van der Waals surface area contributed by atoms with Crippen LogP contribution in [0.25, 0.3) is 0 Å². The van der Waals surface area contributed by atoms with Crippen LogP contribution in [0.5, 0.6) is 0 Å². The van der Waals surface area contributed by atoms with Crippen molar-refractivity contribution >= 4 is 17.5 Å². The highest BCUT2D eigenvalue weighted by Crippen LogP contribution is 2.18. The average molecular weight is 329 g/mol. The summed E-state index contributed by atoms with van der Waals surface area (Å²) in [5.41, 5.74) is 0.440. The zero-order valence-electron chi connectivity index (χ0n) is 13.3. The van der Waals surface area contributed by atoms with E-state index in [0.29, 0.717) is 18.7 Å². The van der Waals surface area contributed by atoms with Crippen LogP contribution < -0.4 is 15.5 Å². The molecule has 0 atom stereocenters. The van der Waals surface area contributed by atoms with Crippen molar-refractivity contribution in [2.24, 2.45) is 0 Å². The maximum atomic E-state index is 12.8. The Balaban J connectivity index is 1.45. The average Bonchev–Trinajstić information content (AvgIpc) is 3.14. The molecule has 24 heavy (non-hydrogen) atoms. The number of aromatic nitrogens is 2. The van der Waals surface area contributed by atoms with Gasteiger partial charge in [-0.1, -0.05) is 0 Å². The Morgan fingerprint density at radius 2 is 1.88 bits per heavy atom. The third kappa shape index (κ3) is 4.18. The summed E-state index contributed by atoms with van der Waals surface area (Å²) in [5.74, 6) is 1.09. The van der Waals surface area contributed by atoms with E-state index < -0.39 is 0 Å². The van der Waals surface area contributed by atoms with Crippen molar-refractivity contribution in [3.8, 4) is 0 Å². The van der Waals surface area contributed by atoms with Crippen molar-refractivity contribution in [3.05, 3.63) is 48.0 Å². The highest BCUT2D eigenvalue weighted by molar-refractivity contribution is 5.94. The molecular weight excluding hydrogens is 309 g/mol. The minimum absolute atomic E-state index is 0.225. The third-order valence-electron chi connectivity index (χ3n) is 3.91. The molecule has 2 heterocycles. The van der Waals surface area contributed by atoms with Crippen LogP contribution in [0.4, 0.5) is 16.0 Å². The van der Waals surface area contributed by atoms with Crippen LogP contribution in [0.3, 0.4) is 0 Å². The second kappa shape index (κ2) is 7.72. The fraction of sp³-hybridized carbons (Fsp3) is 0.353. The Labute approximate surface area is 140 Å². The summed E-state index contributed by atoms with van der Waals surface area (Å²) >= 11 is 0. The van der Waals surface area contributed by atoms with Crippen molar-refractivity contribution in [1.29, 1.82) is 0 Å². The molecule has 1 aromatic carbocycles. The zero-order valence-corrected chi connectivity index (χ0v) is 13.3. The molecule has 7 heteroatoms. The predicted octanol–water partition coefficient (Wildman–Crippen LogP) is 2.06. The van der Waals surface area contributed by atoms with Crippen LogP contribution in [0, 0.1) is 5.82 Å². The summed E-state index contributed by atoms with van der Waals surface area (Å²) in [4.78, 5) is 22.6. The van der Waals surface area contributed by atoms with Gasteiger partial charge in [0.1, 0.15) is 23.8 Å². The van der Waals surface area contributed by atoms with Crippen LogP contribution in [-0.2, 0) is 0 Å². The van der Waals surface area contributed by atoms with Crippen molar-refractivity contribution in [2.45, 2.75) is 12.8 Å².